The summed E-state index contributed by atoms with van der Waals surface area (Å²) < 4.78 is 13.0. The highest BCUT2D eigenvalue weighted by Crippen LogP contribution is 2.16. The molecule has 1 N–H and O–H groups in total. The predicted molar refractivity (Wildman–Crippen MR) is 95.4 cm³/mol. The molecule has 0 saturated heterocycles. The van der Waals surface area contributed by atoms with E-state index in [0.717, 1.165) is 5.56 Å². The fourth-order valence-corrected chi connectivity index (χ4v) is 2.65. The quantitative estimate of drug-likeness (QED) is 0.841. The maximum atomic E-state index is 13.0. The number of nitrogens with one attached hydrogen (secondary N) is 1. The predicted octanol–water partition coefficient (Wildman–Crippen LogP) is 3.09. The van der Waals surface area contributed by atoms with Crippen LogP contribution < -0.4 is 5.32 Å². The van der Waals surface area contributed by atoms with Gasteiger partial charge in [0.2, 0.25) is 11.8 Å². The summed E-state index contributed by atoms with van der Waals surface area (Å²) in [4.78, 5) is 26.9. The Balaban J connectivity index is 2.16. The number of rotatable bonds is 7. The lowest BCUT2D eigenvalue weighted by molar-refractivity contribution is -0.136. The number of likely N-dealkylation sites (N-methyl/N-ethyl adjacent to an activating group) is 1. The number of halogens is 1. The highest BCUT2D eigenvalue weighted by atomic mass is 19.1. The van der Waals surface area contributed by atoms with Gasteiger partial charge in [-0.1, -0.05) is 42.5 Å². The van der Waals surface area contributed by atoms with Crippen molar-refractivity contribution in [2.24, 2.45) is 0 Å². The fraction of sp³-hybridized carbons (Fsp3) is 0.300. The van der Waals surface area contributed by atoms with Crippen LogP contribution >= 0.6 is 0 Å². The number of hydrogen-bond donors (Lipinski definition) is 1. The second-order valence-corrected chi connectivity index (χ2v) is 5.72. The standard InChI is InChI=1S/C20H23FN2O2/c1-3-23(4-2)20(25)19(16-8-6-5-7-9-16)22-18(24)14-15-10-12-17(21)13-11-15/h5-13,19H,3-4,14H2,1-2H3,(H,22,24)/t19-/m0/s1. The number of amides is 2. The Bertz CT molecular complexity index is 697. The minimum atomic E-state index is -0.728. The molecule has 25 heavy (non-hydrogen) atoms. The summed E-state index contributed by atoms with van der Waals surface area (Å²) in [6, 6.07) is 14.2. The van der Waals surface area contributed by atoms with Crippen LogP contribution in [0.4, 0.5) is 4.39 Å². The zero-order chi connectivity index (χ0) is 18.2. The molecule has 0 radical (unpaired) electrons. The summed E-state index contributed by atoms with van der Waals surface area (Å²) in [6.07, 6.45) is 0.0924. The van der Waals surface area contributed by atoms with Crippen LogP contribution in [0, 0.1) is 5.82 Å². The maximum absolute atomic E-state index is 13.0. The van der Waals surface area contributed by atoms with Gasteiger partial charge in [0.05, 0.1) is 6.42 Å². The summed E-state index contributed by atoms with van der Waals surface area (Å²) >= 11 is 0. The molecular weight excluding hydrogens is 319 g/mol. The van der Waals surface area contributed by atoms with Gasteiger partial charge in [-0.25, -0.2) is 4.39 Å². The van der Waals surface area contributed by atoms with Gasteiger partial charge in [0, 0.05) is 13.1 Å². The smallest absolute Gasteiger partial charge is 0.249 e. The summed E-state index contributed by atoms with van der Waals surface area (Å²) in [5.41, 5.74) is 1.44. The summed E-state index contributed by atoms with van der Waals surface area (Å²) in [7, 11) is 0. The number of hydrogen-bond acceptors (Lipinski definition) is 2. The van der Waals surface area contributed by atoms with Gasteiger partial charge >= 0.3 is 0 Å². The molecule has 4 nitrogen and oxygen atoms in total. The third-order valence-electron chi connectivity index (χ3n) is 4.04. The Morgan fingerprint density at radius 1 is 1.00 bits per heavy atom. The number of carbonyl (C=O) groups excluding carboxylic acids is 2. The average molecular weight is 342 g/mol. The Hall–Kier alpha value is -2.69. The Morgan fingerprint density at radius 3 is 2.16 bits per heavy atom. The van der Waals surface area contributed by atoms with Crippen molar-refractivity contribution in [2.75, 3.05) is 13.1 Å². The van der Waals surface area contributed by atoms with E-state index in [1.807, 2.05) is 44.2 Å². The minimum Gasteiger partial charge on any atom is -0.341 e. The van der Waals surface area contributed by atoms with Crippen LogP contribution in [-0.4, -0.2) is 29.8 Å². The molecule has 2 amide bonds. The summed E-state index contributed by atoms with van der Waals surface area (Å²) in [6.45, 7) is 4.96. The lowest BCUT2D eigenvalue weighted by atomic mass is 10.0. The largest absolute Gasteiger partial charge is 0.341 e. The van der Waals surface area contributed by atoms with Crippen LogP contribution in [0.1, 0.15) is 31.0 Å². The van der Waals surface area contributed by atoms with Crippen molar-refractivity contribution in [1.82, 2.24) is 10.2 Å². The molecule has 0 saturated carbocycles. The van der Waals surface area contributed by atoms with Crippen LogP contribution in [0.15, 0.2) is 54.6 Å². The zero-order valence-corrected chi connectivity index (χ0v) is 14.5. The molecule has 5 heteroatoms. The van der Waals surface area contributed by atoms with Gasteiger partial charge in [0.25, 0.3) is 0 Å². The van der Waals surface area contributed by atoms with E-state index in [1.54, 1.807) is 17.0 Å². The topological polar surface area (TPSA) is 49.4 Å². The van der Waals surface area contributed by atoms with E-state index in [4.69, 9.17) is 0 Å². The monoisotopic (exact) mass is 342 g/mol. The molecule has 0 bridgehead atoms. The number of benzene rings is 2. The van der Waals surface area contributed by atoms with Crippen molar-refractivity contribution in [3.05, 3.63) is 71.5 Å². The van der Waals surface area contributed by atoms with E-state index in [0.29, 0.717) is 18.7 Å². The van der Waals surface area contributed by atoms with Gasteiger partial charge in [-0.2, -0.15) is 0 Å². The molecule has 132 valence electrons. The van der Waals surface area contributed by atoms with Crippen molar-refractivity contribution >= 4 is 11.8 Å². The molecule has 0 aliphatic carbocycles. The lowest BCUT2D eigenvalue weighted by Crippen LogP contribution is -2.43. The van der Waals surface area contributed by atoms with Crippen molar-refractivity contribution < 1.29 is 14.0 Å². The highest BCUT2D eigenvalue weighted by molar-refractivity contribution is 5.89. The third kappa shape index (κ3) is 5.14. The first-order valence-corrected chi connectivity index (χ1v) is 8.42. The molecule has 0 aromatic heterocycles. The zero-order valence-electron chi connectivity index (χ0n) is 14.5. The highest BCUT2D eigenvalue weighted by Gasteiger charge is 2.26. The Morgan fingerprint density at radius 2 is 1.60 bits per heavy atom. The first-order chi connectivity index (χ1) is 12.0. The van der Waals surface area contributed by atoms with Crippen LogP contribution in [0.5, 0.6) is 0 Å². The van der Waals surface area contributed by atoms with Crippen LogP contribution in [-0.2, 0) is 16.0 Å². The molecule has 0 aliphatic rings. The van der Waals surface area contributed by atoms with Crippen LogP contribution in [0.25, 0.3) is 0 Å². The molecule has 1 atom stereocenters. The van der Waals surface area contributed by atoms with Crippen LogP contribution in [0.2, 0.25) is 0 Å². The second kappa shape index (κ2) is 8.97. The molecular formula is C20H23FN2O2. The normalized spacial score (nSPS) is 11.6. The minimum absolute atomic E-state index is 0.0924. The summed E-state index contributed by atoms with van der Waals surface area (Å²) in [5, 5.41) is 2.82. The van der Waals surface area contributed by atoms with Gasteiger partial charge in [-0.3, -0.25) is 9.59 Å². The molecule has 0 unspecified atom stereocenters. The van der Waals surface area contributed by atoms with E-state index < -0.39 is 6.04 Å². The number of carbonyl (C=O) groups is 2. The fourth-order valence-electron chi connectivity index (χ4n) is 2.65. The van der Waals surface area contributed by atoms with Crippen LogP contribution in [0.3, 0.4) is 0 Å². The molecule has 0 aliphatic heterocycles. The maximum Gasteiger partial charge on any atom is 0.249 e. The van der Waals surface area contributed by atoms with Gasteiger partial charge in [-0.05, 0) is 37.1 Å². The Labute approximate surface area is 147 Å². The molecule has 0 fully saturated rings. The SMILES string of the molecule is CCN(CC)C(=O)[C@@H](NC(=O)Cc1ccc(F)cc1)c1ccccc1. The second-order valence-electron chi connectivity index (χ2n) is 5.72. The molecule has 0 spiro atoms. The van der Waals surface area contributed by atoms with Crippen molar-refractivity contribution in [1.29, 1.82) is 0 Å². The van der Waals surface area contributed by atoms with Gasteiger partial charge in [-0.15, -0.1) is 0 Å². The molecule has 2 aromatic carbocycles. The third-order valence-corrected chi connectivity index (χ3v) is 4.04. The van der Waals surface area contributed by atoms with Crippen molar-refractivity contribution in [3.8, 4) is 0 Å². The van der Waals surface area contributed by atoms with E-state index in [2.05, 4.69) is 5.32 Å². The average Bonchev–Trinajstić information content (AvgIpc) is 2.63. The summed E-state index contributed by atoms with van der Waals surface area (Å²) in [5.74, 6) is -0.757. The molecule has 2 rings (SSSR count). The van der Waals surface area contributed by atoms with Gasteiger partial charge in [0.15, 0.2) is 0 Å². The first-order valence-electron chi connectivity index (χ1n) is 8.42. The first kappa shape index (κ1) is 18.6. The molecule has 0 heterocycles. The van der Waals surface area contributed by atoms with E-state index in [-0.39, 0.29) is 24.1 Å². The van der Waals surface area contributed by atoms with E-state index in [1.165, 1.54) is 12.1 Å². The Kier molecular flexibility index (Phi) is 6.69. The lowest BCUT2D eigenvalue weighted by Gasteiger charge is -2.26. The van der Waals surface area contributed by atoms with Crippen molar-refractivity contribution in [2.45, 2.75) is 26.3 Å². The van der Waals surface area contributed by atoms with E-state index >= 15 is 0 Å². The van der Waals surface area contributed by atoms with Gasteiger partial charge in [0.1, 0.15) is 11.9 Å². The van der Waals surface area contributed by atoms with E-state index in [9.17, 15) is 14.0 Å². The van der Waals surface area contributed by atoms with Gasteiger partial charge < -0.3 is 10.2 Å². The van der Waals surface area contributed by atoms with Crippen molar-refractivity contribution in [3.63, 3.8) is 0 Å². The molecule has 2 aromatic rings. The number of nitrogens with zero attached hydrogens (tertiary/aromatic N) is 1.